The second-order valence-electron chi connectivity index (χ2n) is 7.15. The molecule has 0 bridgehead atoms. The van der Waals surface area contributed by atoms with Crippen LogP contribution in [0.4, 0.5) is 11.4 Å². The van der Waals surface area contributed by atoms with Gasteiger partial charge in [0.05, 0.1) is 16.2 Å². The molecule has 0 radical (unpaired) electrons. The maximum Gasteiger partial charge on any atom is 0.270 e. The predicted molar refractivity (Wildman–Crippen MR) is 106 cm³/mol. The summed E-state index contributed by atoms with van der Waals surface area (Å²) in [5.41, 5.74) is 0.819. The molecular weight excluding hydrogens is 358 g/mol. The number of amides is 2. The van der Waals surface area contributed by atoms with Crippen molar-refractivity contribution in [3.8, 4) is 0 Å². The van der Waals surface area contributed by atoms with Gasteiger partial charge < -0.3 is 10.2 Å². The number of rotatable bonds is 4. The van der Waals surface area contributed by atoms with E-state index in [1.807, 2.05) is 18.7 Å². The Balaban J connectivity index is 1.86. The van der Waals surface area contributed by atoms with Gasteiger partial charge >= 0.3 is 0 Å². The first-order chi connectivity index (χ1) is 13.4. The third-order valence-electron chi connectivity index (χ3n) is 5.15. The van der Waals surface area contributed by atoms with E-state index in [4.69, 9.17) is 0 Å². The van der Waals surface area contributed by atoms with Crippen molar-refractivity contribution in [2.45, 2.75) is 45.2 Å². The zero-order valence-electron chi connectivity index (χ0n) is 15.9. The van der Waals surface area contributed by atoms with E-state index in [0.717, 1.165) is 19.3 Å². The van der Waals surface area contributed by atoms with Crippen LogP contribution in [0.3, 0.4) is 0 Å². The molecule has 0 spiro atoms. The molecule has 3 rings (SSSR count). The summed E-state index contributed by atoms with van der Waals surface area (Å²) in [6, 6.07) is 12.6. The maximum absolute atomic E-state index is 13.2. The molecule has 1 N–H and O–H groups in total. The number of hydrogen-bond donors (Lipinski definition) is 1. The summed E-state index contributed by atoms with van der Waals surface area (Å²) in [6.45, 7) is 4.08. The second-order valence-corrected chi connectivity index (χ2v) is 7.15. The number of piperidine rings is 1. The minimum atomic E-state index is -0.548. The highest BCUT2D eigenvalue weighted by atomic mass is 16.6. The van der Waals surface area contributed by atoms with Gasteiger partial charge in [-0.3, -0.25) is 19.7 Å². The van der Waals surface area contributed by atoms with Crippen molar-refractivity contribution >= 4 is 23.2 Å². The topological polar surface area (TPSA) is 92.6 Å². The molecule has 0 saturated carbocycles. The zero-order chi connectivity index (χ0) is 20.3. The zero-order valence-corrected chi connectivity index (χ0v) is 15.9. The number of non-ortho nitro benzene ring substituents is 1. The number of nitro benzene ring substituents is 1. The average molecular weight is 381 g/mol. The van der Waals surface area contributed by atoms with Crippen molar-refractivity contribution in [2.75, 3.05) is 5.32 Å². The minimum Gasteiger partial charge on any atom is -0.333 e. The van der Waals surface area contributed by atoms with Gasteiger partial charge in [-0.15, -0.1) is 0 Å². The van der Waals surface area contributed by atoms with E-state index in [9.17, 15) is 19.7 Å². The lowest BCUT2D eigenvalue weighted by molar-refractivity contribution is -0.384. The molecule has 1 aliphatic rings. The summed E-state index contributed by atoms with van der Waals surface area (Å²) >= 11 is 0. The number of carbonyl (C=O) groups excluding carboxylic acids is 2. The Kier molecular flexibility index (Phi) is 5.73. The summed E-state index contributed by atoms with van der Waals surface area (Å²) in [4.78, 5) is 38.1. The first kappa shape index (κ1) is 19.5. The number of carbonyl (C=O) groups is 2. The average Bonchev–Trinajstić information content (AvgIpc) is 2.68. The van der Waals surface area contributed by atoms with Crippen molar-refractivity contribution in [3.05, 3.63) is 69.8 Å². The van der Waals surface area contributed by atoms with Crippen LogP contribution in [-0.2, 0) is 0 Å². The van der Waals surface area contributed by atoms with Crippen LogP contribution >= 0.6 is 0 Å². The quantitative estimate of drug-likeness (QED) is 0.633. The Bertz CT molecular complexity index is 902. The number of likely N-dealkylation sites (tertiary alicyclic amines) is 1. The lowest BCUT2D eigenvalue weighted by Crippen LogP contribution is -2.47. The van der Waals surface area contributed by atoms with E-state index in [1.165, 1.54) is 24.3 Å². The van der Waals surface area contributed by atoms with Crippen LogP contribution in [0, 0.1) is 10.1 Å². The van der Waals surface area contributed by atoms with E-state index in [0.29, 0.717) is 11.3 Å². The van der Waals surface area contributed by atoms with Crippen LogP contribution in [0.5, 0.6) is 0 Å². The van der Waals surface area contributed by atoms with Crippen LogP contribution in [0.1, 0.15) is 53.8 Å². The molecule has 1 aliphatic heterocycles. The van der Waals surface area contributed by atoms with E-state index in [1.54, 1.807) is 24.3 Å². The van der Waals surface area contributed by atoms with Crippen molar-refractivity contribution in [1.29, 1.82) is 0 Å². The monoisotopic (exact) mass is 381 g/mol. The SMILES string of the molecule is C[C@@H]1CCC[C@H](C)N1C(=O)c1ccccc1NC(=O)c1cccc([N+](=O)[O-])c1. The van der Waals surface area contributed by atoms with Gasteiger partial charge in [-0.2, -0.15) is 0 Å². The highest BCUT2D eigenvalue weighted by Crippen LogP contribution is 2.27. The summed E-state index contributed by atoms with van der Waals surface area (Å²) in [7, 11) is 0. The van der Waals surface area contributed by atoms with Crippen molar-refractivity contribution < 1.29 is 14.5 Å². The summed E-state index contributed by atoms with van der Waals surface area (Å²) < 4.78 is 0. The molecule has 0 unspecified atom stereocenters. The first-order valence-corrected chi connectivity index (χ1v) is 9.36. The van der Waals surface area contributed by atoms with E-state index in [-0.39, 0.29) is 29.2 Å². The first-order valence-electron chi connectivity index (χ1n) is 9.36. The van der Waals surface area contributed by atoms with Crippen LogP contribution in [0.25, 0.3) is 0 Å². The molecule has 1 fully saturated rings. The molecule has 2 aromatic carbocycles. The molecular formula is C21H23N3O4. The van der Waals surface area contributed by atoms with E-state index < -0.39 is 10.8 Å². The Hall–Kier alpha value is -3.22. The fraction of sp³-hybridized carbons (Fsp3) is 0.333. The Labute approximate surface area is 163 Å². The molecule has 7 heteroatoms. The van der Waals surface area contributed by atoms with Gasteiger partial charge in [0.2, 0.25) is 0 Å². The lowest BCUT2D eigenvalue weighted by Gasteiger charge is -2.39. The number of nitro groups is 1. The van der Waals surface area contributed by atoms with Crippen LogP contribution in [0.15, 0.2) is 48.5 Å². The summed E-state index contributed by atoms with van der Waals surface area (Å²) in [5, 5.41) is 13.7. The van der Waals surface area contributed by atoms with Gasteiger partial charge in [0.1, 0.15) is 0 Å². The smallest absolute Gasteiger partial charge is 0.270 e. The number of para-hydroxylation sites is 1. The highest BCUT2D eigenvalue weighted by molar-refractivity contribution is 6.09. The lowest BCUT2D eigenvalue weighted by atomic mass is 9.96. The minimum absolute atomic E-state index is 0.116. The molecule has 0 aromatic heterocycles. The summed E-state index contributed by atoms with van der Waals surface area (Å²) in [5.74, 6) is -0.613. The van der Waals surface area contributed by atoms with Gasteiger partial charge in [-0.1, -0.05) is 18.2 Å². The number of anilines is 1. The third kappa shape index (κ3) is 4.03. The predicted octanol–water partition coefficient (Wildman–Crippen LogP) is 4.25. The molecule has 1 heterocycles. The number of nitrogens with zero attached hydrogens (tertiary/aromatic N) is 2. The van der Waals surface area contributed by atoms with Gasteiger partial charge in [-0.25, -0.2) is 0 Å². The Morgan fingerprint density at radius 3 is 2.43 bits per heavy atom. The number of nitrogens with one attached hydrogen (secondary N) is 1. The van der Waals surface area contributed by atoms with Gasteiger partial charge in [-0.05, 0) is 51.3 Å². The fourth-order valence-corrected chi connectivity index (χ4v) is 3.69. The van der Waals surface area contributed by atoms with Gasteiger partial charge in [0.15, 0.2) is 0 Å². The highest BCUT2D eigenvalue weighted by Gasteiger charge is 2.31. The molecule has 2 aromatic rings. The molecule has 0 aliphatic carbocycles. The van der Waals surface area contributed by atoms with Crippen LogP contribution < -0.4 is 5.32 Å². The van der Waals surface area contributed by atoms with Crippen LogP contribution in [-0.4, -0.2) is 33.7 Å². The fourth-order valence-electron chi connectivity index (χ4n) is 3.69. The third-order valence-corrected chi connectivity index (χ3v) is 5.15. The molecule has 28 heavy (non-hydrogen) atoms. The Morgan fingerprint density at radius 1 is 1.07 bits per heavy atom. The Morgan fingerprint density at radius 2 is 1.75 bits per heavy atom. The van der Waals surface area contributed by atoms with Crippen molar-refractivity contribution in [1.82, 2.24) is 4.90 Å². The van der Waals surface area contributed by atoms with Gasteiger partial charge in [0, 0.05) is 29.8 Å². The molecule has 2 amide bonds. The largest absolute Gasteiger partial charge is 0.333 e. The normalized spacial score (nSPS) is 19.1. The second kappa shape index (κ2) is 8.21. The van der Waals surface area contributed by atoms with Crippen molar-refractivity contribution in [3.63, 3.8) is 0 Å². The van der Waals surface area contributed by atoms with Crippen LogP contribution in [0.2, 0.25) is 0 Å². The molecule has 2 atom stereocenters. The van der Waals surface area contributed by atoms with Crippen molar-refractivity contribution in [2.24, 2.45) is 0 Å². The molecule has 1 saturated heterocycles. The maximum atomic E-state index is 13.2. The number of hydrogen-bond acceptors (Lipinski definition) is 4. The van der Waals surface area contributed by atoms with E-state index >= 15 is 0 Å². The van der Waals surface area contributed by atoms with E-state index in [2.05, 4.69) is 5.32 Å². The number of benzene rings is 2. The van der Waals surface area contributed by atoms with Gasteiger partial charge in [0.25, 0.3) is 17.5 Å². The molecule has 146 valence electrons. The molecule has 7 nitrogen and oxygen atoms in total. The standard InChI is InChI=1S/C21H23N3O4/c1-14-7-5-8-15(2)23(14)21(26)18-11-3-4-12-19(18)22-20(25)16-9-6-10-17(13-16)24(27)28/h3-4,6,9-15H,5,7-8H2,1-2H3,(H,22,25)/t14-,15+. The summed E-state index contributed by atoms with van der Waals surface area (Å²) in [6.07, 6.45) is 3.01.